The summed E-state index contributed by atoms with van der Waals surface area (Å²) in [6.45, 7) is 11.8. The fourth-order valence-electron chi connectivity index (χ4n) is 2.91. The van der Waals surface area contributed by atoms with E-state index in [1.165, 1.54) is 6.92 Å². The zero-order chi connectivity index (χ0) is 16.5. The van der Waals surface area contributed by atoms with Crippen LogP contribution in [0.4, 0.5) is 5.69 Å². The van der Waals surface area contributed by atoms with E-state index in [0.717, 1.165) is 31.9 Å². The number of hydrogen-bond acceptors (Lipinski definition) is 5. The van der Waals surface area contributed by atoms with Crippen LogP contribution in [0, 0.1) is 0 Å². The number of carbonyl (C=O) groups is 1. The molecule has 0 amide bonds. The first-order valence-electron chi connectivity index (χ1n) is 7.71. The van der Waals surface area contributed by atoms with Gasteiger partial charge in [-0.05, 0) is 45.3 Å². The monoisotopic (exact) mass is 304 g/mol. The summed E-state index contributed by atoms with van der Waals surface area (Å²) in [6, 6.07) is 5.25. The van der Waals surface area contributed by atoms with E-state index in [0.29, 0.717) is 5.56 Å². The Morgan fingerprint density at radius 2 is 1.73 bits per heavy atom. The summed E-state index contributed by atoms with van der Waals surface area (Å²) in [6.07, 6.45) is 0. The van der Waals surface area contributed by atoms with E-state index >= 15 is 0 Å². The van der Waals surface area contributed by atoms with Crippen molar-refractivity contribution < 1.29 is 14.8 Å². The molecule has 120 valence electrons. The minimum absolute atomic E-state index is 0.154. The molecular formula is C16H25BN2O3. The van der Waals surface area contributed by atoms with Crippen molar-refractivity contribution in [2.45, 2.75) is 33.2 Å². The molecule has 22 heavy (non-hydrogen) atoms. The molecule has 6 heteroatoms. The van der Waals surface area contributed by atoms with E-state index in [9.17, 15) is 14.8 Å². The van der Waals surface area contributed by atoms with Crippen molar-refractivity contribution in [1.82, 2.24) is 4.90 Å². The highest BCUT2D eigenvalue weighted by atomic mass is 16.4. The fraction of sp³-hybridized carbons (Fsp3) is 0.562. The van der Waals surface area contributed by atoms with E-state index in [4.69, 9.17) is 0 Å². The molecule has 1 aliphatic heterocycles. The van der Waals surface area contributed by atoms with Crippen molar-refractivity contribution in [1.29, 1.82) is 0 Å². The van der Waals surface area contributed by atoms with Crippen LogP contribution >= 0.6 is 0 Å². The lowest BCUT2D eigenvalue weighted by Gasteiger charge is -2.43. The third-order valence-corrected chi connectivity index (χ3v) is 4.29. The first-order chi connectivity index (χ1) is 10.2. The molecule has 0 aromatic heterocycles. The summed E-state index contributed by atoms with van der Waals surface area (Å²) >= 11 is 0. The lowest BCUT2D eigenvalue weighted by Crippen LogP contribution is -2.53. The van der Waals surface area contributed by atoms with Crippen molar-refractivity contribution in [3.05, 3.63) is 23.8 Å². The van der Waals surface area contributed by atoms with Gasteiger partial charge in [0, 0.05) is 43.0 Å². The van der Waals surface area contributed by atoms with Crippen LogP contribution in [-0.2, 0) is 0 Å². The largest absolute Gasteiger partial charge is 0.489 e. The van der Waals surface area contributed by atoms with Gasteiger partial charge >= 0.3 is 7.12 Å². The van der Waals surface area contributed by atoms with Crippen molar-refractivity contribution in [3.63, 3.8) is 0 Å². The lowest BCUT2D eigenvalue weighted by atomic mass is 9.76. The molecule has 1 aromatic carbocycles. The van der Waals surface area contributed by atoms with Gasteiger partial charge in [0.2, 0.25) is 0 Å². The Hall–Kier alpha value is -1.37. The molecule has 2 N–H and O–H groups in total. The van der Waals surface area contributed by atoms with Gasteiger partial charge in [-0.15, -0.1) is 0 Å². The Bertz CT molecular complexity index is 547. The van der Waals surface area contributed by atoms with Gasteiger partial charge < -0.3 is 14.9 Å². The Labute approximate surface area is 132 Å². The minimum Gasteiger partial charge on any atom is -0.423 e. The van der Waals surface area contributed by atoms with Crippen LogP contribution in [0.5, 0.6) is 0 Å². The van der Waals surface area contributed by atoms with Gasteiger partial charge in [-0.25, -0.2) is 0 Å². The van der Waals surface area contributed by atoms with Gasteiger partial charge in [0.15, 0.2) is 5.78 Å². The number of Topliss-reactive ketones (excluding diaryl/α,β-unsaturated/α-hetero) is 1. The number of rotatable bonds is 3. The molecule has 1 aromatic rings. The van der Waals surface area contributed by atoms with Crippen LogP contribution in [0.1, 0.15) is 38.1 Å². The van der Waals surface area contributed by atoms with Crippen molar-refractivity contribution >= 4 is 24.1 Å². The van der Waals surface area contributed by atoms with E-state index in [2.05, 4.69) is 30.6 Å². The molecule has 0 spiro atoms. The van der Waals surface area contributed by atoms with Crippen molar-refractivity contribution in [3.8, 4) is 0 Å². The number of benzene rings is 1. The summed E-state index contributed by atoms with van der Waals surface area (Å²) in [5.41, 5.74) is 1.78. The second-order valence-electron chi connectivity index (χ2n) is 6.85. The Balaban J connectivity index is 2.18. The van der Waals surface area contributed by atoms with Crippen molar-refractivity contribution in [2.24, 2.45) is 0 Å². The second kappa shape index (κ2) is 6.40. The first-order valence-corrected chi connectivity index (χ1v) is 7.71. The smallest absolute Gasteiger partial charge is 0.423 e. The number of hydrogen-bond donors (Lipinski definition) is 2. The van der Waals surface area contributed by atoms with Crippen LogP contribution < -0.4 is 10.4 Å². The highest BCUT2D eigenvalue weighted by Gasteiger charge is 2.27. The topological polar surface area (TPSA) is 64.0 Å². The van der Waals surface area contributed by atoms with E-state index in [1.807, 2.05) is 6.07 Å². The quantitative estimate of drug-likeness (QED) is 0.628. The lowest BCUT2D eigenvalue weighted by molar-refractivity contribution is 0.101. The zero-order valence-corrected chi connectivity index (χ0v) is 13.8. The molecule has 2 rings (SSSR count). The molecule has 0 unspecified atom stereocenters. The van der Waals surface area contributed by atoms with Crippen LogP contribution in [0.25, 0.3) is 0 Å². The predicted molar refractivity (Wildman–Crippen MR) is 89.8 cm³/mol. The molecule has 0 radical (unpaired) electrons. The maximum Gasteiger partial charge on any atom is 0.489 e. The zero-order valence-electron chi connectivity index (χ0n) is 13.8. The van der Waals surface area contributed by atoms with E-state index < -0.39 is 7.12 Å². The number of carbonyl (C=O) groups excluding carboxylic acids is 1. The predicted octanol–water partition coefficient (Wildman–Crippen LogP) is 0.490. The van der Waals surface area contributed by atoms with E-state index in [1.54, 1.807) is 12.1 Å². The molecule has 0 bridgehead atoms. The van der Waals surface area contributed by atoms with Crippen LogP contribution in [0.3, 0.4) is 0 Å². The van der Waals surface area contributed by atoms with Crippen LogP contribution in [0.2, 0.25) is 0 Å². The van der Waals surface area contributed by atoms with Gasteiger partial charge in [0.05, 0.1) is 0 Å². The summed E-state index contributed by atoms with van der Waals surface area (Å²) in [5, 5.41) is 18.7. The maximum absolute atomic E-state index is 11.7. The van der Waals surface area contributed by atoms with Gasteiger partial charge in [-0.2, -0.15) is 0 Å². The highest BCUT2D eigenvalue weighted by Crippen LogP contribution is 2.21. The molecule has 0 aliphatic carbocycles. The summed E-state index contributed by atoms with van der Waals surface area (Å²) in [7, 11) is -1.62. The van der Waals surface area contributed by atoms with Crippen LogP contribution in [-0.4, -0.2) is 59.6 Å². The average molecular weight is 304 g/mol. The Morgan fingerprint density at radius 3 is 2.18 bits per heavy atom. The van der Waals surface area contributed by atoms with Crippen LogP contribution in [0.15, 0.2) is 18.2 Å². The number of ketones is 1. The van der Waals surface area contributed by atoms with Gasteiger partial charge in [0.25, 0.3) is 0 Å². The average Bonchev–Trinajstić information content (AvgIpc) is 2.45. The third-order valence-electron chi connectivity index (χ3n) is 4.29. The molecule has 1 fully saturated rings. The van der Waals surface area contributed by atoms with Gasteiger partial charge in [0.1, 0.15) is 0 Å². The number of piperazine rings is 1. The number of nitrogens with zero attached hydrogens (tertiary/aromatic N) is 2. The van der Waals surface area contributed by atoms with Gasteiger partial charge in [-0.3, -0.25) is 9.69 Å². The molecule has 1 heterocycles. The summed E-state index contributed by atoms with van der Waals surface area (Å²) in [5.74, 6) is -0.154. The highest BCUT2D eigenvalue weighted by molar-refractivity contribution is 6.60. The maximum atomic E-state index is 11.7. The Morgan fingerprint density at radius 1 is 1.14 bits per heavy atom. The standard InChI is InChI=1S/C16H25BN2O3/c1-12(20)14-11-13(5-6-15(14)17(21)22)18-7-9-19(10-8-18)16(2,3)4/h5-6,11,21-22H,7-10H2,1-4H3. The molecule has 5 nitrogen and oxygen atoms in total. The normalized spacial score (nSPS) is 16.7. The summed E-state index contributed by atoms with van der Waals surface area (Å²) < 4.78 is 0. The first kappa shape index (κ1) is 17.0. The molecule has 1 saturated heterocycles. The SMILES string of the molecule is CC(=O)c1cc(N2CCN(C(C)(C)C)CC2)ccc1B(O)O. The Kier molecular flexibility index (Phi) is 4.95. The van der Waals surface area contributed by atoms with Crippen molar-refractivity contribution in [2.75, 3.05) is 31.1 Å². The third kappa shape index (κ3) is 3.69. The molecule has 1 aliphatic rings. The summed E-state index contributed by atoms with van der Waals surface area (Å²) in [4.78, 5) is 16.4. The molecular weight excluding hydrogens is 279 g/mol. The fourth-order valence-corrected chi connectivity index (χ4v) is 2.91. The second-order valence-corrected chi connectivity index (χ2v) is 6.85. The van der Waals surface area contributed by atoms with Gasteiger partial charge in [-0.1, -0.05) is 6.07 Å². The molecule has 0 saturated carbocycles. The minimum atomic E-state index is -1.62. The number of anilines is 1. The van der Waals surface area contributed by atoms with E-state index in [-0.39, 0.29) is 16.8 Å². The molecule has 0 atom stereocenters.